The third-order valence-corrected chi connectivity index (χ3v) is 2.79. The second-order valence-corrected chi connectivity index (χ2v) is 3.92. The van der Waals surface area contributed by atoms with Crippen molar-refractivity contribution in [3.05, 3.63) is 16.3 Å². The van der Waals surface area contributed by atoms with E-state index in [9.17, 15) is 0 Å². The highest BCUT2D eigenvalue weighted by molar-refractivity contribution is 6.30. The van der Waals surface area contributed by atoms with Crippen LogP contribution in [-0.2, 0) is 4.74 Å². The summed E-state index contributed by atoms with van der Waals surface area (Å²) in [5, 5.41) is 11.6. The van der Waals surface area contributed by atoms with Crippen LogP contribution in [0.2, 0.25) is 5.15 Å². The molecule has 90 valence electrons. The molecule has 1 N–H and O–H groups in total. The monoisotopic (exact) mass is 243 g/mol. The first-order valence-corrected chi connectivity index (χ1v) is 5.85. The fourth-order valence-corrected chi connectivity index (χ4v) is 1.45. The topological polar surface area (TPSA) is 47.0 Å². The van der Waals surface area contributed by atoms with Crippen LogP contribution in [0.25, 0.3) is 0 Å². The maximum Gasteiger partial charge on any atom is 0.155 e. The zero-order chi connectivity index (χ0) is 12.0. The lowest BCUT2D eigenvalue weighted by molar-refractivity contribution is 0.147. The van der Waals surface area contributed by atoms with Crippen LogP contribution >= 0.6 is 11.6 Å². The van der Waals surface area contributed by atoms with Crippen LogP contribution < -0.4 is 5.32 Å². The number of ether oxygens (including phenoxy) is 1. The molecule has 0 amide bonds. The standard InChI is InChI=1S/C11H18ClN3O/c1-4-16-7-5-6-13-11-9(3)8(2)10(12)14-15-11/h4-7H2,1-3H3,(H,13,15). The molecule has 1 heterocycles. The molecule has 16 heavy (non-hydrogen) atoms. The summed E-state index contributed by atoms with van der Waals surface area (Å²) in [5.41, 5.74) is 2.03. The molecule has 0 saturated heterocycles. The van der Waals surface area contributed by atoms with Crippen molar-refractivity contribution in [1.29, 1.82) is 0 Å². The lowest BCUT2D eigenvalue weighted by Gasteiger charge is -2.10. The van der Waals surface area contributed by atoms with Crippen molar-refractivity contribution in [2.24, 2.45) is 0 Å². The van der Waals surface area contributed by atoms with Gasteiger partial charge in [0.15, 0.2) is 11.0 Å². The van der Waals surface area contributed by atoms with Gasteiger partial charge in [-0.25, -0.2) is 0 Å². The SMILES string of the molecule is CCOCCCNc1nnc(Cl)c(C)c1C. The third-order valence-electron chi connectivity index (χ3n) is 2.43. The molecule has 0 aliphatic carbocycles. The van der Waals surface area contributed by atoms with Gasteiger partial charge in [-0.3, -0.25) is 0 Å². The highest BCUT2D eigenvalue weighted by Gasteiger charge is 2.06. The van der Waals surface area contributed by atoms with E-state index in [0.717, 1.165) is 43.1 Å². The summed E-state index contributed by atoms with van der Waals surface area (Å²) in [6.45, 7) is 8.28. The largest absolute Gasteiger partial charge is 0.382 e. The second-order valence-electron chi connectivity index (χ2n) is 3.57. The molecule has 0 unspecified atom stereocenters. The van der Waals surface area contributed by atoms with Crippen molar-refractivity contribution >= 4 is 17.4 Å². The van der Waals surface area contributed by atoms with E-state index in [0.29, 0.717) is 5.15 Å². The smallest absolute Gasteiger partial charge is 0.155 e. The van der Waals surface area contributed by atoms with Crippen molar-refractivity contribution < 1.29 is 4.74 Å². The number of nitrogens with one attached hydrogen (secondary N) is 1. The minimum atomic E-state index is 0.470. The molecular formula is C11H18ClN3O. The molecule has 0 radical (unpaired) electrons. The normalized spacial score (nSPS) is 10.5. The number of rotatable bonds is 6. The van der Waals surface area contributed by atoms with E-state index in [2.05, 4.69) is 15.5 Å². The lowest BCUT2D eigenvalue weighted by Crippen LogP contribution is -2.09. The average molecular weight is 244 g/mol. The minimum absolute atomic E-state index is 0.470. The molecule has 1 rings (SSSR count). The Bertz CT molecular complexity index is 344. The highest BCUT2D eigenvalue weighted by Crippen LogP contribution is 2.20. The van der Waals surface area contributed by atoms with Crippen LogP contribution in [0.3, 0.4) is 0 Å². The minimum Gasteiger partial charge on any atom is -0.382 e. The Morgan fingerprint density at radius 3 is 2.69 bits per heavy atom. The fourth-order valence-electron chi connectivity index (χ4n) is 1.27. The average Bonchev–Trinajstić information content (AvgIpc) is 2.28. The lowest BCUT2D eigenvalue weighted by atomic mass is 10.2. The summed E-state index contributed by atoms with van der Waals surface area (Å²) in [5.74, 6) is 0.804. The summed E-state index contributed by atoms with van der Waals surface area (Å²) >= 11 is 5.87. The van der Waals surface area contributed by atoms with Gasteiger partial charge in [0.2, 0.25) is 0 Å². The number of nitrogens with zero attached hydrogens (tertiary/aromatic N) is 2. The van der Waals surface area contributed by atoms with Crippen molar-refractivity contribution in [3.63, 3.8) is 0 Å². The van der Waals surface area contributed by atoms with Gasteiger partial charge in [0.05, 0.1) is 0 Å². The van der Waals surface area contributed by atoms with Crippen LogP contribution in [0.5, 0.6) is 0 Å². The molecule has 0 saturated carbocycles. The Kier molecular flexibility index (Phi) is 5.49. The summed E-state index contributed by atoms with van der Waals surface area (Å²) in [6, 6.07) is 0. The van der Waals surface area contributed by atoms with E-state index in [4.69, 9.17) is 16.3 Å². The summed E-state index contributed by atoms with van der Waals surface area (Å²) in [4.78, 5) is 0. The van der Waals surface area contributed by atoms with Gasteiger partial charge in [-0.15, -0.1) is 10.2 Å². The molecule has 1 aromatic rings. The summed E-state index contributed by atoms with van der Waals surface area (Å²) < 4.78 is 5.25. The van der Waals surface area contributed by atoms with E-state index in [1.165, 1.54) is 0 Å². The molecule has 0 aliphatic rings. The Morgan fingerprint density at radius 1 is 1.25 bits per heavy atom. The Hall–Kier alpha value is -0.870. The van der Waals surface area contributed by atoms with Crippen LogP contribution in [0.4, 0.5) is 5.82 Å². The number of hydrogen-bond donors (Lipinski definition) is 1. The predicted molar refractivity (Wildman–Crippen MR) is 66.1 cm³/mol. The third kappa shape index (κ3) is 3.61. The van der Waals surface area contributed by atoms with Crippen molar-refractivity contribution in [3.8, 4) is 0 Å². The maximum atomic E-state index is 5.87. The number of hydrogen-bond acceptors (Lipinski definition) is 4. The molecular weight excluding hydrogens is 226 g/mol. The van der Waals surface area contributed by atoms with Gasteiger partial charge in [0.25, 0.3) is 0 Å². The van der Waals surface area contributed by atoms with Gasteiger partial charge in [-0.1, -0.05) is 11.6 Å². The van der Waals surface area contributed by atoms with Crippen LogP contribution in [0.15, 0.2) is 0 Å². The Labute approximate surface area is 101 Å². The zero-order valence-corrected chi connectivity index (χ0v) is 10.8. The zero-order valence-electron chi connectivity index (χ0n) is 10.0. The van der Waals surface area contributed by atoms with Gasteiger partial charge in [0.1, 0.15) is 0 Å². The summed E-state index contributed by atoms with van der Waals surface area (Å²) in [6.07, 6.45) is 0.955. The van der Waals surface area contributed by atoms with Gasteiger partial charge >= 0.3 is 0 Å². The second kappa shape index (κ2) is 6.66. The van der Waals surface area contributed by atoms with E-state index in [-0.39, 0.29) is 0 Å². The van der Waals surface area contributed by atoms with E-state index in [1.54, 1.807) is 0 Å². The predicted octanol–water partition coefficient (Wildman–Crippen LogP) is 2.59. The van der Waals surface area contributed by atoms with Crippen molar-refractivity contribution in [1.82, 2.24) is 10.2 Å². The van der Waals surface area contributed by atoms with Gasteiger partial charge < -0.3 is 10.1 Å². The molecule has 0 aliphatic heterocycles. The Morgan fingerprint density at radius 2 is 2.00 bits per heavy atom. The van der Waals surface area contributed by atoms with Gasteiger partial charge in [0, 0.05) is 19.8 Å². The van der Waals surface area contributed by atoms with E-state index < -0.39 is 0 Å². The summed E-state index contributed by atoms with van der Waals surface area (Å²) in [7, 11) is 0. The van der Waals surface area contributed by atoms with Crippen molar-refractivity contribution in [2.75, 3.05) is 25.1 Å². The molecule has 4 nitrogen and oxygen atoms in total. The van der Waals surface area contributed by atoms with E-state index >= 15 is 0 Å². The maximum absolute atomic E-state index is 5.87. The number of anilines is 1. The van der Waals surface area contributed by atoms with Gasteiger partial charge in [-0.05, 0) is 38.3 Å². The first kappa shape index (κ1) is 13.2. The number of aromatic nitrogens is 2. The van der Waals surface area contributed by atoms with Crippen molar-refractivity contribution in [2.45, 2.75) is 27.2 Å². The van der Waals surface area contributed by atoms with Gasteiger partial charge in [-0.2, -0.15) is 0 Å². The quantitative estimate of drug-likeness (QED) is 0.781. The first-order valence-electron chi connectivity index (χ1n) is 5.47. The molecule has 0 fully saturated rings. The molecule has 0 spiro atoms. The number of halogens is 1. The molecule has 1 aromatic heterocycles. The molecule has 0 bridgehead atoms. The highest BCUT2D eigenvalue weighted by atomic mass is 35.5. The first-order chi connectivity index (χ1) is 7.66. The molecule has 5 heteroatoms. The van der Waals surface area contributed by atoms with Crippen LogP contribution in [-0.4, -0.2) is 30.0 Å². The molecule has 0 atom stereocenters. The van der Waals surface area contributed by atoms with Crippen LogP contribution in [0, 0.1) is 13.8 Å². The molecule has 0 aromatic carbocycles. The van der Waals surface area contributed by atoms with E-state index in [1.807, 2.05) is 20.8 Å². The fraction of sp³-hybridized carbons (Fsp3) is 0.636. The Balaban J connectivity index is 2.45. The van der Waals surface area contributed by atoms with Crippen LogP contribution in [0.1, 0.15) is 24.5 Å².